The maximum absolute atomic E-state index is 12.1. The summed E-state index contributed by atoms with van der Waals surface area (Å²) in [5.41, 5.74) is 0. The molecule has 1 unspecified atom stereocenters. The molecule has 4 heteroatoms. The Balaban J connectivity index is 3.50. The minimum Gasteiger partial charge on any atom is -0.198 e. The van der Waals surface area contributed by atoms with Crippen LogP contribution in [0.4, 0.5) is 8.78 Å². The summed E-state index contributed by atoms with van der Waals surface area (Å²) in [5, 5.41) is 1.02. The minimum absolute atomic E-state index is 0.742. The summed E-state index contributed by atoms with van der Waals surface area (Å²) in [7, 11) is -0.742. The topological polar surface area (TPSA) is 0 Å². The van der Waals surface area contributed by atoms with Gasteiger partial charge in [-0.1, -0.05) is 51.1 Å². The van der Waals surface area contributed by atoms with Crippen LogP contribution in [0.25, 0.3) is 0 Å². The predicted octanol–water partition coefficient (Wildman–Crippen LogP) is 6.09. The Labute approximate surface area is 104 Å². The van der Waals surface area contributed by atoms with Crippen molar-refractivity contribution < 1.29 is 8.78 Å². The highest BCUT2D eigenvalue weighted by Gasteiger charge is 2.13. The first-order valence-corrected chi connectivity index (χ1v) is 9.07. The summed E-state index contributed by atoms with van der Waals surface area (Å²) >= 11 is 0.763. The molecule has 0 aromatic rings. The number of halogens is 2. The van der Waals surface area contributed by atoms with Crippen molar-refractivity contribution in [2.24, 2.45) is 5.92 Å². The van der Waals surface area contributed by atoms with Crippen molar-refractivity contribution in [3.63, 3.8) is 0 Å². The zero-order chi connectivity index (χ0) is 12.6. The van der Waals surface area contributed by atoms with Crippen molar-refractivity contribution in [3.05, 3.63) is 11.9 Å². The maximum atomic E-state index is 12.1. The molecule has 0 nitrogen and oxygen atoms in total. The lowest BCUT2D eigenvalue weighted by Crippen LogP contribution is -1.88. The second kappa shape index (κ2) is 9.41. The van der Waals surface area contributed by atoms with Crippen LogP contribution in [-0.2, 0) is 0 Å². The highest BCUT2D eigenvalue weighted by Crippen LogP contribution is 2.56. The fourth-order valence-electron chi connectivity index (χ4n) is 1.41. The summed E-state index contributed by atoms with van der Waals surface area (Å²) in [4.78, 5) is 0. The van der Waals surface area contributed by atoms with Crippen LogP contribution in [0, 0.1) is 5.92 Å². The third-order valence-electron chi connectivity index (χ3n) is 2.43. The normalized spacial score (nSPS) is 13.4. The van der Waals surface area contributed by atoms with E-state index in [0.29, 0.717) is 0 Å². The van der Waals surface area contributed by atoms with Crippen LogP contribution >= 0.6 is 18.5 Å². The van der Waals surface area contributed by atoms with E-state index in [9.17, 15) is 8.78 Å². The van der Waals surface area contributed by atoms with Gasteiger partial charge in [0, 0.05) is 0 Å². The van der Waals surface area contributed by atoms with Crippen LogP contribution in [0.15, 0.2) is 11.9 Å². The highest BCUT2D eigenvalue weighted by atomic mass is 32.7. The van der Waals surface area contributed by atoms with Crippen LogP contribution in [0.3, 0.4) is 0 Å². The molecule has 0 aliphatic heterocycles. The molecule has 0 aromatic heterocycles. The Morgan fingerprint density at radius 1 is 1.25 bits per heavy atom. The fraction of sp³-hybridized carbons (Fsp3) is 0.833. The lowest BCUT2D eigenvalue weighted by Gasteiger charge is -2.13. The van der Waals surface area contributed by atoms with Crippen molar-refractivity contribution in [1.82, 2.24) is 0 Å². The van der Waals surface area contributed by atoms with Crippen LogP contribution in [0.1, 0.15) is 46.0 Å². The van der Waals surface area contributed by atoms with Gasteiger partial charge in [-0.25, -0.2) is 0 Å². The van der Waals surface area contributed by atoms with E-state index in [0.717, 1.165) is 35.5 Å². The lowest BCUT2D eigenvalue weighted by atomic mass is 10.0. The lowest BCUT2D eigenvalue weighted by molar-refractivity contribution is 0.254. The fourth-order valence-corrected chi connectivity index (χ4v) is 3.71. The Bertz CT molecular complexity index is 195. The molecule has 0 fully saturated rings. The Hall–Kier alpha value is 0.380. The first kappa shape index (κ1) is 16.4. The van der Waals surface area contributed by atoms with Gasteiger partial charge in [0.2, 0.25) is 0 Å². The van der Waals surface area contributed by atoms with E-state index in [1.165, 1.54) is 19.3 Å². The molecule has 0 saturated heterocycles. The van der Waals surface area contributed by atoms with Gasteiger partial charge in [0.15, 0.2) is 0 Å². The average molecular weight is 268 g/mol. The number of alkyl halides is 2. The maximum Gasteiger partial charge on any atom is 0.288 e. The number of rotatable bonds is 9. The molecule has 1 atom stereocenters. The van der Waals surface area contributed by atoms with E-state index in [4.69, 9.17) is 0 Å². The van der Waals surface area contributed by atoms with Crippen molar-refractivity contribution in [3.8, 4) is 0 Å². The Morgan fingerprint density at radius 2 is 1.88 bits per heavy atom. The van der Waals surface area contributed by atoms with E-state index >= 15 is 0 Å². The number of hydrogen-bond donors (Lipinski definition) is 0. The average Bonchev–Trinajstić information content (AvgIpc) is 2.15. The van der Waals surface area contributed by atoms with Gasteiger partial charge in [0.05, 0.1) is 0 Å². The molecule has 0 aliphatic carbocycles. The number of allylic oxidation sites excluding steroid dienone is 1. The van der Waals surface area contributed by atoms with Gasteiger partial charge in [-0.3, -0.25) is 0 Å². The molecule has 0 N–H and O–H groups in total. The van der Waals surface area contributed by atoms with Crippen molar-refractivity contribution >= 4 is 18.5 Å². The third-order valence-corrected chi connectivity index (χ3v) is 6.22. The van der Waals surface area contributed by atoms with Gasteiger partial charge >= 0.3 is 0 Å². The van der Waals surface area contributed by atoms with Crippen LogP contribution in [0.2, 0.25) is 0 Å². The second-order valence-electron chi connectivity index (χ2n) is 4.42. The summed E-state index contributed by atoms with van der Waals surface area (Å²) in [6.45, 7) is 10.2. The first-order valence-electron chi connectivity index (χ1n) is 5.80. The molecule has 0 bridgehead atoms. The van der Waals surface area contributed by atoms with E-state index in [1.54, 1.807) is 0 Å². The summed E-state index contributed by atoms with van der Waals surface area (Å²) in [5.74, 6) is -1.49. The molecule has 0 saturated carbocycles. The first-order chi connectivity index (χ1) is 7.43. The van der Waals surface area contributed by atoms with Gasteiger partial charge in [0.25, 0.3) is 5.76 Å². The van der Waals surface area contributed by atoms with Crippen LogP contribution < -0.4 is 0 Å². The van der Waals surface area contributed by atoms with E-state index < -0.39 is 12.9 Å². The summed E-state index contributed by atoms with van der Waals surface area (Å²) < 4.78 is 24.2. The third kappa shape index (κ3) is 9.59. The molecule has 0 radical (unpaired) electrons. The van der Waals surface area contributed by atoms with Crippen LogP contribution in [-0.4, -0.2) is 12.4 Å². The molecule has 0 aromatic carbocycles. The Morgan fingerprint density at radius 3 is 2.38 bits per heavy atom. The van der Waals surface area contributed by atoms with Crippen LogP contribution in [0.5, 0.6) is 0 Å². The van der Waals surface area contributed by atoms with Crippen molar-refractivity contribution in [1.29, 1.82) is 0 Å². The molecule has 0 heterocycles. The SMILES string of the molecule is C=C(CCCCCC(C)C)P(C)SC(F)F. The zero-order valence-electron chi connectivity index (χ0n) is 10.5. The minimum atomic E-state index is -2.26. The molecule has 0 spiro atoms. The largest absolute Gasteiger partial charge is 0.288 e. The van der Waals surface area contributed by atoms with E-state index in [-0.39, 0.29) is 0 Å². The molecule has 96 valence electrons. The predicted molar refractivity (Wildman–Crippen MR) is 73.5 cm³/mol. The monoisotopic (exact) mass is 268 g/mol. The molecule has 0 rings (SSSR count). The second-order valence-corrected chi connectivity index (χ2v) is 8.89. The van der Waals surface area contributed by atoms with Crippen molar-refractivity contribution in [2.75, 3.05) is 6.66 Å². The number of unbranched alkanes of at least 4 members (excludes halogenated alkanes) is 2. The molecule has 0 aliphatic rings. The van der Waals surface area contributed by atoms with Gasteiger partial charge < -0.3 is 0 Å². The quantitative estimate of drug-likeness (QED) is 0.360. The van der Waals surface area contributed by atoms with E-state index in [1.807, 2.05) is 6.66 Å². The zero-order valence-corrected chi connectivity index (χ0v) is 12.2. The molecular weight excluding hydrogens is 245 g/mol. The Kier molecular flexibility index (Phi) is 9.64. The van der Waals surface area contributed by atoms with Gasteiger partial charge in [-0.2, -0.15) is 8.78 Å². The summed E-state index contributed by atoms with van der Waals surface area (Å²) in [6.07, 6.45) is 5.72. The molecular formula is C12H23F2PS. The van der Waals surface area contributed by atoms with Gasteiger partial charge in [-0.15, -0.1) is 0 Å². The highest BCUT2D eigenvalue weighted by molar-refractivity contribution is 8.56. The van der Waals surface area contributed by atoms with Gasteiger partial charge in [-0.05, 0) is 37.9 Å². The molecule has 16 heavy (non-hydrogen) atoms. The summed E-state index contributed by atoms with van der Waals surface area (Å²) in [6, 6.07) is 0. The van der Waals surface area contributed by atoms with E-state index in [2.05, 4.69) is 20.4 Å². The van der Waals surface area contributed by atoms with Gasteiger partial charge in [0.1, 0.15) is 0 Å². The molecule has 0 amide bonds. The van der Waals surface area contributed by atoms with Crippen molar-refractivity contribution in [2.45, 2.75) is 51.7 Å². The smallest absolute Gasteiger partial charge is 0.198 e. The standard InChI is InChI=1S/C12H23F2PS/c1-10(2)8-6-5-7-9-11(3)15(4)16-12(13)14/h10,12H,3,5-9H2,1-2,4H3. The number of hydrogen-bond acceptors (Lipinski definition) is 1.